The molecule has 9 nitrogen and oxygen atoms in total. The number of hydrogen-bond donors (Lipinski definition) is 0. The molecule has 0 atom stereocenters. The van der Waals surface area contributed by atoms with Gasteiger partial charge in [-0.2, -0.15) is 9.61 Å². The van der Waals surface area contributed by atoms with Gasteiger partial charge in [0.25, 0.3) is 5.56 Å². The van der Waals surface area contributed by atoms with Crippen LogP contribution >= 0.6 is 0 Å². The number of carbonyl (C=O) groups excluding carboxylic acids is 1. The molecule has 1 saturated heterocycles. The van der Waals surface area contributed by atoms with Crippen LogP contribution in [0.15, 0.2) is 23.0 Å². The molecule has 1 amide bonds. The minimum Gasteiger partial charge on any atom is -0.493 e. The van der Waals surface area contributed by atoms with Crippen molar-refractivity contribution < 1.29 is 19.0 Å². The number of benzene rings is 1. The first kappa shape index (κ1) is 24.6. The van der Waals surface area contributed by atoms with E-state index < -0.39 is 0 Å². The van der Waals surface area contributed by atoms with Gasteiger partial charge in [0.1, 0.15) is 5.65 Å². The van der Waals surface area contributed by atoms with Crippen molar-refractivity contribution >= 4 is 11.6 Å². The monoisotopic (exact) mass is 482 g/mol. The number of carbonyl (C=O) groups is 1. The van der Waals surface area contributed by atoms with Crippen LogP contribution in [0.25, 0.3) is 16.9 Å². The maximum absolute atomic E-state index is 13.4. The van der Waals surface area contributed by atoms with Crippen LogP contribution in [0.4, 0.5) is 0 Å². The minimum absolute atomic E-state index is 0.108. The van der Waals surface area contributed by atoms with E-state index in [1.807, 2.05) is 29.5 Å². The molecule has 0 radical (unpaired) electrons. The Morgan fingerprint density at radius 3 is 2.26 bits per heavy atom. The van der Waals surface area contributed by atoms with Crippen molar-refractivity contribution in [3.05, 3.63) is 39.8 Å². The van der Waals surface area contributed by atoms with E-state index in [-0.39, 0.29) is 11.5 Å². The number of aromatic nitrogens is 3. The molecule has 1 aliphatic heterocycles. The van der Waals surface area contributed by atoms with Crippen LogP contribution in [0.1, 0.15) is 37.4 Å². The number of amides is 1. The van der Waals surface area contributed by atoms with E-state index in [1.54, 1.807) is 33.5 Å². The number of ether oxygens (including phenoxy) is 3. The van der Waals surface area contributed by atoms with E-state index in [0.717, 1.165) is 37.2 Å². The molecular weight excluding hydrogens is 448 g/mol. The number of rotatable bonds is 7. The Labute approximate surface area is 205 Å². The van der Waals surface area contributed by atoms with Gasteiger partial charge < -0.3 is 23.7 Å². The molecule has 3 heterocycles. The molecule has 35 heavy (non-hydrogen) atoms. The predicted molar refractivity (Wildman–Crippen MR) is 134 cm³/mol. The van der Waals surface area contributed by atoms with Crippen LogP contribution in [0.5, 0.6) is 17.2 Å². The van der Waals surface area contributed by atoms with E-state index in [2.05, 4.69) is 12.0 Å². The quantitative estimate of drug-likeness (QED) is 0.514. The normalized spacial score (nSPS) is 14.4. The summed E-state index contributed by atoms with van der Waals surface area (Å²) < 4.78 is 19.7. The fraction of sp³-hybridized carbons (Fsp3) is 0.500. The summed E-state index contributed by atoms with van der Waals surface area (Å²) in [5.74, 6) is 2.28. The Hall–Kier alpha value is -3.49. The van der Waals surface area contributed by atoms with E-state index in [1.165, 1.54) is 4.52 Å². The van der Waals surface area contributed by atoms with Gasteiger partial charge in [0, 0.05) is 49.4 Å². The molecule has 3 aromatic rings. The summed E-state index contributed by atoms with van der Waals surface area (Å²) in [6.45, 7) is 5.73. The number of fused-ring (bicyclic) bond motifs is 1. The highest BCUT2D eigenvalue weighted by Crippen LogP contribution is 2.41. The van der Waals surface area contributed by atoms with Crippen molar-refractivity contribution in [1.82, 2.24) is 19.1 Å². The number of likely N-dealkylation sites (tertiary alicyclic amines) is 1. The second kappa shape index (κ2) is 10.0. The van der Waals surface area contributed by atoms with Crippen LogP contribution < -0.4 is 19.8 Å². The van der Waals surface area contributed by atoms with Crippen molar-refractivity contribution in [2.75, 3.05) is 34.4 Å². The Balaban J connectivity index is 1.68. The lowest BCUT2D eigenvalue weighted by atomic mass is 9.98. The van der Waals surface area contributed by atoms with Gasteiger partial charge in [0.15, 0.2) is 11.5 Å². The summed E-state index contributed by atoms with van der Waals surface area (Å²) in [6.07, 6.45) is 2.78. The molecule has 0 unspecified atom stereocenters. The van der Waals surface area contributed by atoms with Crippen molar-refractivity contribution in [2.45, 2.75) is 39.5 Å². The van der Waals surface area contributed by atoms with Crippen molar-refractivity contribution in [3.63, 3.8) is 0 Å². The first-order chi connectivity index (χ1) is 16.8. The van der Waals surface area contributed by atoms with Gasteiger partial charge >= 0.3 is 0 Å². The Morgan fingerprint density at radius 1 is 1.06 bits per heavy atom. The second-order valence-electron chi connectivity index (χ2n) is 9.21. The van der Waals surface area contributed by atoms with Crippen molar-refractivity contribution in [2.24, 2.45) is 13.0 Å². The zero-order valence-corrected chi connectivity index (χ0v) is 21.4. The van der Waals surface area contributed by atoms with Gasteiger partial charge in [0.2, 0.25) is 11.7 Å². The highest BCUT2D eigenvalue weighted by atomic mass is 16.5. The lowest BCUT2D eigenvalue weighted by Crippen LogP contribution is -2.38. The molecule has 0 N–H and O–H groups in total. The SMILES string of the molecule is COc1cc(-c2cc3n(C)c(C)c(CCC(=O)N4CCC(C)CC4)c(=O)n3n2)cc(OC)c1OC. The summed E-state index contributed by atoms with van der Waals surface area (Å²) in [4.78, 5) is 28.1. The standard InChI is InChI=1S/C26H34N4O5/c1-16-9-11-29(12-10-16)24(31)8-7-19-17(2)28(3)23-15-20(27-30(23)26(19)32)18-13-21(33-4)25(35-6)22(14-18)34-5/h13-16H,7-12H2,1-6H3. The summed E-state index contributed by atoms with van der Waals surface area (Å²) in [6, 6.07) is 5.47. The fourth-order valence-electron chi connectivity index (χ4n) is 4.72. The molecule has 9 heteroatoms. The van der Waals surface area contributed by atoms with E-state index in [0.29, 0.717) is 52.9 Å². The molecule has 0 aliphatic carbocycles. The summed E-state index contributed by atoms with van der Waals surface area (Å²) in [5, 5.41) is 4.61. The molecule has 0 bridgehead atoms. The summed E-state index contributed by atoms with van der Waals surface area (Å²) in [5.41, 5.74) is 3.24. The number of aryl methyl sites for hydroxylation is 1. The molecular formula is C26H34N4O5. The van der Waals surface area contributed by atoms with Gasteiger partial charge in [0.05, 0.1) is 27.0 Å². The maximum atomic E-state index is 13.4. The molecule has 188 valence electrons. The van der Waals surface area contributed by atoms with Gasteiger partial charge in [-0.15, -0.1) is 0 Å². The Bertz CT molecular complexity index is 1280. The molecule has 2 aromatic heterocycles. The second-order valence-corrected chi connectivity index (χ2v) is 9.21. The topological polar surface area (TPSA) is 87.3 Å². The molecule has 1 aromatic carbocycles. The average Bonchev–Trinajstić information content (AvgIpc) is 3.32. The third-order valence-corrected chi connectivity index (χ3v) is 7.11. The van der Waals surface area contributed by atoms with Gasteiger partial charge in [-0.1, -0.05) is 6.92 Å². The van der Waals surface area contributed by atoms with Crippen molar-refractivity contribution in [1.29, 1.82) is 0 Å². The third-order valence-electron chi connectivity index (χ3n) is 7.11. The highest BCUT2D eigenvalue weighted by molar-refractivity contribution is 5.76. The number of methoxy groups -OCH3 is 3. The van der Waals surface area contributed by atoms with Crippen LogP contribution in [0, 0.1) is 12.8 Å². The maximum Gasteiger partial charge on any atom is 0.277 e. The predicted octanol–water partition coefficient (Wildman–Crippen LogP) is 3.23. The first-order valence-corrected chi connectivity index (χ1v) is 11.9. The number of piperidine rings is 1. The largest absolute Gasteiger partial charge is 0.493 e. The zero-order valence-electron chi connectivity index (χ0n) is 21.4. The molecule has 1 aliphatic rings. The van der Waals surface area contributed by atoms with Gasteiger partial charge in [-0.05, 0) is 44.2 Å². The minimum atomic E-state index is -0.200. The molecule has 1 fully saturated rings. The van der Waals surface area contributed by atoms with E-state index in [4.69, 9.17) is 14.2 Å². The number of hydrogen-bond acceptors (Lipinski definition) is 6. The molecule has 4 rings (SSSR count). The zero-order chi connectivity index (χ0) is 25.3. The third kappa shape index (κ3) is 4.59. The highest BCUT2D eigenvalue weighted by Gasteiger charge is 2.22. The van der Waals surface area contributed by atoms with Crippen LogP contribution in [-0.4, -0.2) is 59.4 Å². The van der Waals surface area contributed by atoms with Gasteiger partial charge in [-0.25, -0.2) is 0 Å². The average molecular weight is 483 g/mol. The summed E-state index contributed by atoms with van der Waals surface area (Å²) in [7, 11) is 6.57. The lowest BCUT2D eigenvalue weighted by molar-refractivity contribution is -0.132. The smallest absolute Gasteiger partial charge is 0.277 e. The van der Waals surface area contributed by atoms with Gasteiger partial charge in [-0.3, -0.25) is 9.59 Å². The fourth-order valence-corrected chi connectivity index (χ4v) is 4.72. The van der Waals surface area contributed by atoms with Crippen LogP contribution in [0.2, 0.25) is 0 Å². The first-order valence-electron chi connectivity index (χ1n) is 11.9. The van der Waals surface area contributed by atoms with Crippen LogP contribution in [-0.2, 0) is 18.3 Å². The Kier molecular flexibility index (Phi) is 7.05. The van der Waals surface area contributed by atoms with E-state index in [9.17, 15) is 9.59 Å². The van der Waals surface area contributed by atoms with E-state index >= 15 is 0 Å². The Morgan fingerprint density at radius 2 is 1.69 bits per heavy atom. The molecule has 0 saturated carbocycles. The number of nitrogens with zero attached hydrogens (tertiary/aromatic N) is 4. The molecule has 0 spiro atoms. The van der Waals surface area contributed by atoms with Crippen LogP contribution in [0.3, 0.4) is 0 Å². The summed E-state index contributed by atoms with van der Waals surface area (Å²) >= 11 is 0. The lowest BCUT2D eigenvalue weighted by Gasteiger charge is -2.30. The van der Waals surface area contributed by atoms with Crippen molar-refractivity contribution in [3.8, 4) is 28.5 Å².